The van der Waals surface area contributed by atoms with E-state index >= 15 is 0 Å². The van der Waals surface area contributed by atoms with Gasteiger partial charge in [0.2, 0.25) is 0 Å². The van der Waals surface area contributed by atoms with Crippen LogP contribution < -0.4 is 4.74 Å². The fourth-order valence-electron chi connectivity index (χ4n) is 2.27. The Morgan fingerprint density at radius 2 is 2.17 bits per heavy atom. The molecule has 0 bridgehead atoms. The molecule has 0 radical (unpaired) electrons. The summed E-state index contributed by atoms with van der Waals surface area (Å²) in [5, 5.41) is 8.70. The van der Waals surface area contributed by atoms with Crippen LogP contribution in [-0.2, 0) is 6.42 Å². The number of ketones is 1. The molecule has 0 amide bonds. The number of rotatable bonds is 4. The number of carbonyl (C=O) groups is 1. The lowest BCUT2D eigenvalue weighted by atomic mass is 9.73. The summed E-state index contributed by atoms with van der Waals surface area (Å²) in [5.74, 6) is 1.01. The van der Waals surface area contributed by atoms with Crippen LogP contribution in [0.25, 0.3) is 0 Å². The Morgan fingerprint density at radius 3 is 2.89 bits per heavy atom. The number of ether oxygens (including phenoxy) is 1. The van der Waals surface area contributed by atoms with E-state index < -0.39 is 0 Å². The highest BCUT2D eigenvalue weighted by atomic mass is 16.5. The van der Waals surface area contributed by atoms with Crippen molar-refractivity contribution in [2.24, 2.45) is 5.41 Å². The van der Waals surface area contributed by atoms with Gasteiger partial charge in [-0.1, -0.05) is 13.8 Å². The van der Waals surface area contributed by atoms with Crippen LogP contribution in [0, 0.1) is 5.41 Å². The number of carbonyl (C=O) groups excluding carboxylic acids is 1. The van der Waals surface area contributed by atoms with E-state index in [-0.39, 0.29) is 17.8 Å². The lowest BCUT2D eigenvalue weighted by molar-refractivity contribution is 0.0811. The zero-order valence-electron chi connectivity index (χ0n) is 11.0. The van der Waals surface area contributed by atoms with Crippen LogP contribution in [0.3, 0.4) is 0 Å². The van der Waals surface area contributed by atoms with E-state index in [9.17, 15) is 4.79 Å². The fourth-order valence-corrected chi connectivity index (χ4v) is 2.27. The van der Waals surface area contributed by atoms with Crippen molar-refractivity contribution in [1.82, 2.24) is 0 Å². The van der Waals surface area contributed by atoms with Gasteiger partial charge in [0.1, 0.15) is 5.75 Å². The molecule has 0 unspecified atom stereocenters. The maximum absolute atomic E-state index is 12.2. The number of hydrogen-bond donors (Lipinski definition) is 1. The standard InChI is InChI=1S/C15H20O3/c1-15(2)7-6-11-10-12(18-9-3-8-16)4-5-13(11)14(15)17/h4-5,10,16H,3,6-9H2,1-2H3. The fraction of sp³-hybridized carbons (Fsp3) is 0.533. The summed E-state index contributed by atoms with van der Waals surface area (Å²) < 4.78 is 5.53. The lowest BCUT2D eigenvalue weighted by Crippen LogP contribution is -2.30. The predicted molar refractivity (Wildman–Crippen MR) is 70.1 cm³/mol. The van der Waals surface area contributed by atoms with E-state index in [1.807, 2.05) is 32.0 Å². The van der Waals surface area contributed by atoms with Crippen molar-refractivity contribution in [3.63, 3.8) is 0 Å². The Morgan fingerprint density at radius 1 is 1.39 bits per heavy atom. The van der Waals surface area contributed by atoms with Crippen LogP contribution in [0.4, 0.5) is 0 Å². The monoisotopic (exact) mass is 248 g/mol. The first-order valence-corrected chi connectivity index (χ1v) is 6.46. The van der Waals surface area contributed by atoms with Crippen LogP contribution in [-0.4, -0.2) is 24.1 Å². The molecule has 0 aliphatic heterocycles. The van der Waals surface area contributed by atoms with Gasteiger partial charge in [0.25, 0.3) is 0 Å². The van der Waals surface area contributed by atoms with Crippen molar-refractivity contribution in [3.8, 4) is 5.75 Å². The molecule has 18 heavy (non-hydrogen) atoms. The minimum Gasteiger partial charge on any atom is -0.493 e. The number of benzene rings is 1. The van der Waals surface area contributed by atoms with Crippen LogP contribution in [0.1, 0.15) is 42.6 Å². The van der Waals surface area contributed by atoms with Crippen molar-refractivity contribution < 1.29 is 14.6 Å². The zero-order chi connectivity index (χ0) is 13.2. The third-order valence-electron chi connectivity index (χ3n) is 3.53. The van der Waals surface area contributed by atoms with E-state index in [1.54, 1.807) is 0 Å². The molecule has 0 fully saturated rings. The maximum Gasteiger partial charge on any atom is 0.168 e. The Labute approximate surface area is 108 Å². The normalized spacial score (nSPS) is 17.4. The molecule has 0 saturated heterocycles. The van der Waals surface area contributed by atoms with Gasteiger partial charge in [-0.15, -0.1) is 0 Å². The van der Waals surface area contributed by atoms with Gasteiger partial charge < -0.3 is 9.84 Å². The van der Waals surface area contributed by atoms with Gasteiger partial charge in [-0.05, 0) is 36.6 Å². The molecule has 1 aliphatic carbocycles. The molecule has 1 aromatic carbocycles. The molecule has 3 nitrogen and oxygen atoms in total. The van der Waals surface area contributed by atoms with E-state index in [2.05, 4.69) is 0 Å². The molecule has 0 saturated carbocycles. The number of aliphatic hydroxyl groups is 1. The Kier molecular flexibility index (Phi) is 3.71. The van der Waals surface area contributed by atoms with Crippen molar-refractivity contribution in [1.29, 1.82) is 0 Å². The minimum absolute atomic E-state index is 0.137. The van der Waals surface area contributed by atoms with Gasteiger partial charge in [-0.25, -0.2) is 0 Å². The average molecular weight is 248 g/mol. The minimum atomic E-state index is -0.244. The summed E-state index contributed by atoms with van der Waals surface area (Å²) in [7, 11) is 0. The lowest BCUT2D eigenvalue weighted by Gasteiger charge is -2.29. The van der Waals surface area contributed by atoms with Gasteiger partial charge in [0.05, 0.1) is 6.61 Å². The van der Waals surface area contributed by atoms with Crippen LogP contribution in [0.15, 0.2) is 18.2 Å². The maximum atomic E-state index is 12.2. The first-order chi connectivity index (χ1) is 8.54. The van der Waals surface area contributed by atoms with Crippen molar-refractivity contribution in [2.45, 2.75) is 33.1 Å². The molecule has 98 valence electrons. The SMILES string of the molecule is CC1(C)CCc2cc(OCCCO)ccc2C1=O. The molecule has 1 aromatic rings. The quantitative estimate of drug-likeness (QED) is 0.833. The Hall–Kier alpha value is -1.35. The molecular formula is C15H20O3. The molecule has 3 heteroatoms. The summed E-state index contributed by atoms with van der Waals surface area (Å²) in [6, 6.07) is 5.67. The van der Waals surface area contributed by atoms with Crippen LogP contribution >= 0.6 is 0 Å². The van der Waals surface area contributed by atoms with Crippen LogP contribution in [0.2, 0.25) is 0 Å². The second kappa shape index (κ2) is 5.11. The molecule has 0 heterocycles. The first kappa shape index (κ1) is 13.1. The first-order valence-electron chi connectivity index (χ1n) is 6.46. The summed E-state index contributed by atoms with van der Waals surface area (Å²) in [5.41, 5.74) is 1.67. The van der Waals surface area contributed by atoms with Crippen molar-refractivity contribution in [3.05, 3.63) is 29.3 Å². The molecule has 0 aromatic heterocycles. The van der Waals surface area contributed by atoms with Crippen molar-refractivity contribution in [2.75, 3.05) is 13.2 Å². The number of Topliss-reactive ketones (excluding diaryl/α,β-unsaturated/α-hetero) is 1. The molecule has 2 rings (SSSR count). The molecule has 1 N–H and O–H groups in total. The third kappa shape index (κ3) is 2.56. The van der Waals surface area contributed by atoms with Gasteiger partial charge in [0, 0.05) is 24.0 Å². The number of aryl methyl sites for hydroxylation is 1. The Bertz CT molecular complexity index is 449. The highest BCUT2D eigenvalue weighted by Gasteiger charge is 2.34. The zero-order valence-corrected chi connectivity index (χ0v) is 11.0. The second-order valence-corrected chi connectivity index (χ2v) is 5.46. The highest BCUT2D eigenvalue weighted by molar-refractivity contribution is 6.02. The topological polar surface area (TPSA) is 46.5 Å². The van der Waals surface area contributed by atoms with Gasteiger partial charge in [0.15, 0.2) is 5.78 Å². The summed E-state index contributed by atoms with van der Waals surface area (Å²) in [6.45, 7) is 4.65. The van der Waals surface area contributed by atoms with Crippen molar-refractivity contribution >= 4 is 5.78 Å². The summed E-state index contributed by atoms with van der Waals surface area (Å²) >= 11 is 0. The number of hydrogen-bond acceptors (Lipinski definition) is 3. The van der Waals surface area contributed by atoms with E-state index in [1.165, 1.54) is 0 Å². The number of aliphatic hydroxyl groups excluding tert-OH is 1. The van der Waals surface area contributed by atoms with Crippen LogP contribution in [0.5, 0.6) is 5.75 Å². The average Bonchev–Trinajstić information content (AvgIpc) is 2.35. The highest BCUT2D eigenvalue weighted by Crippen LogP contribution is 2.35. The Balaban J connectivity index is 2.16. The molecule has 0 spiro atoms. The van der Waals surface area contributed by atoms with Gasteiger partial charge >= 0.3 is 0 Å². The molecule has 0 atom stereocenters. The summed E-state index contributed by atoms with van der Waals surface area (Å²) in [4.78, 5) is 12.2. The summed E-state index contributed by atoms with van der Waals surface area (Å²) in [6.07, 6.45) is 2.44. The molecular weight excluding hydrogens is 228 g/mol. The van der Waals surface area contributed by atoms with Gasteiger partial charge in [-0.2, -0.15) is 0 Å². The van der Waals surface area contributed by atoms with Gasteiger partial charge in [-0.3, -0.25) is 4.79 Å². The molecule has 1 aliphatic rings. The predicted octanol–water partition coefficient (Wildman–Crippen LogP) is 2.60. The largest absolute Gasteiger partial charge is 0.493 e. The van der Waals surface area contributed by atoms with E-state index in [0.29, 0.717) is 13.0 Å². The smallest absolute Gasteiger partial charge is 0.168 e. The second-order valence-electron chi connectivity index (χ2n) is 5.46. The number of fused-ring (bicyclic) bond motifs is 1. The van der Waals surface area contributed by atoms with E-state index in [4.69, 9.17) is 9.84 Å². The van der Waals surface area contributed by atoms with E-state index in [0.717, 1.165) is 29.7 Å². The third-order valence-corrected chi connectivity index (χ3v) is 3.53.